The molecule has 6 nitrogen and oxygen atoms in total. The van der Waals surface area contributed by atoms with Crippen molar-refractivity contribution in [2.45, 2.75) is 39.7 Å². The Labute approximate surface area is 155 Å². The van der Waals surface area contributed by atoms with Crippen molar-refractivity contribution in [3.05, 3.63) is 40.7 Å². The van der Waals surface area contributed by atoms with Crippen molar-refractivity contribution < 1.29 is 9.47 Å². The second kappa shape index (κ2) is 9.83. The van der Waals surface area contributed by atoms with Gasteiger partial charge in [0.15, 0.2) is 11.5 Å². The highest BCUT2D eigenvalue weighted by Gasteiger charge is 2.09. The number of benzene rings is 1. The van der Waals surface area contributed by atoms with Crippen molar-refractivity contribution in [3.8, 4) is 17.6 Å². The number of ether oxygens (including phenoxy) is 2. The molecule has 1 heterocycles. The number of nitrogens with one attached hydrogen (secondary N) is 1. The summed E-state index contributed by atoms with van der Waals surface area (Å²) in [4.78, 5) is 0. The average Bonchev–Trinajstić information content (AvgIpc) is 2.88. The number of aryl methyl sites for hydroxylation is 2. The van der Waals surface area contributed by atoms with Gasteiger partial charge in [-0.2, -0.15) is 10.4 Å². The van der Waals surface area contributed by atoms with Crippen LogP contribution in [0, 0.1) is 25.2 Å². The zero-order chi connectivity index (χ0) is 18.9. The lowest BCUT2D eigenvalue weighted by atomic mass is 10.1. The van der Waals surface area contributed by atoms with E-state index in [-0.39, 0.29) is 0 Å². The van der Waals surface area contributed by atoms with E-state index in [1.165, 1.54) is 11.3 Å². The first-order valence-corrected chi connectivity index (χ1v) is 8.93. The molecule has 1 aromatic heterocycles. The van der Waals surface area contributed by atoms with Crippen molar-refractivity contribution in [2.75, 3.05) is 20.3 Å². The number of rotatable bonds is 10. The lowest BCUT2D eigenvalue weighted by Crippen LogP contribution is -2.17. The molecule has 0 aliphatic carbocycles. The predicted octanol–water partition coefficient (Wildman–Crippen LogP) is 3.06. The molecule has 0 atom stereocenters. The zero-order valence-electron chi connectivity index (χ0n) is 16.1. The van der Waals surface area contributed by atoms with Gasteiger partial charge in [-0.05, 0) is 56.5 Å². The molecule has 0 radical (unpaired) electrons. The third-order valence-electron chi connectivity index (χ3n) is 4.46. The van der Waals surface area contributed by atoms with Crippen LogP contribution in [0.15, 0.2) is 18.2 Å². The Morgan fingerprint density at radius 3 is 2.73 bits per heavy atom. The van der Waals surface area contributed by atoms with Gasteiger partial charge >= 0.3 is 0 Å². The summed E-state index contributed by atoms with van der Waals surface area (Å²) in [5, 5.41) is 16.5. The van der Waals surface area contributed by atoms with Gasteiger partial charge in [0.1, 0.15) is 0 Å². The Bertz CT molecular complexity index is 762. The van der Waals surface area contributed by atoms with Crippen LogP contribution in [0.1, 0.15) is 35.4 Å². The van der Waals surface area contributed by atoms with Crippen LogP contribution >= 0.6 is 0 Å². The summed E-state index contributed by atoms with van der Waals surface area (Å²) in [5.74, 6) is 1.44. The van der Waals surface area contributed by atoms with Crippen LogP contribution in [0.5, 0.6) is 11.5 Å². The van der Waals surface area contributed by atoms with Crippen molar-refractivity contribution >= 4 is 0 Å². The van der Waals surface area contributed by atoms with E-state index in [0.717, 1.165) is 36.5 Å². The molecular weight excluding hydrogens is 328 g/mol. The van der Waals surface area contributed by atoms with Gasteiger partial charge < -0.3 is 14.8 Å². The van der Waals surface area contributed by atoms with Gasteiger partial charge in [-0.1, -0.05) is 6.07 Å². The number of unbranched alkanes of at least 4 members (excludes halogenated alkanes) is 1. The summed E-state index contributed by atoms with van der Waals surface area (Å²) < 4.78 is 13.1. The molecule has 26 heavy (non-hydrogen) atoms. The average molecular weight is 356 g/mol. The Balaban J connectivity index is 1.87. The lowest BCUT2D eigenvalue weighted by molar-refractivity contribution is 0.290. The van der Waals surface area contributed by atoms with E-state index in [1.807, 2.05) is 29.9 Å². The Morgan fingerprint density at radius 2 is 2.08 bits per heavy atom. The number of nitriles is 1. The third-order valence-corrected chi connectivity index (χ3v) is 4.46. The van der Waals surface area contributed by atoms with Gasteiger partial charge in [-0.3, -0.25) is 4.68 Å². The fourth-order valence-electron chi connectivity index (χ4n) is 2.90. The molecule has 0 saturated heterocycles. The second-order valence-corrected chi connectivity index (χ2v) is 6.30. The van der Waals surface area contributed by atoms with Crippen LogP contribution in [0.4, 0.5) is 0 Å². The molecule has 0 aliphatic heterocycles. The molecule has 1 N–H and O–H groups in total. The minimum Gasteiger partial charge on any atom is -0.493 e. The van der Waals surface area contributed by atoms with Gasteiger partial charge in [0.2, 0.25) is 0 Å². The molecule has 1 aromatic carbocycles. The first-order chi connectivity index (χ1) is 12.6. The summed E-state index contributed by atoms with van der Waals surface area (Å²) in [6.07, 6.45) is 2.17. The van der Waals surface area contributed by atoms with Gasteiger partial charge in [-0.25, -0.2) is 0 Å². The SMILES string of the molecule is COc1ccc(CNCCc2c(C)nn(C)c2C)cc1OCCCC#N. The molecule has 0 saturated carbocycles. The van der Waals surface area contributed by atoms with E-state index in [4.69, 9.17) is 14.7 Å². The minimum atomic E-state index is 0.497. The maximum atomic E-state index is 8.60. The Morgan fingerprint density at radius 1 is 1.27 bits per heavy atom. The molecule has 0 spiro atoms. The van der Waals surface area contributed by atoms with Crippen LogP contribution in [0.3, 0.4) is 0 Å². The quantitative estimate of drug-likeness (QED) is 0.663. The molecule has 2 rings (SSSR count). The number of methoxy groups -OCH3 is 1. The van der Waals surface area contributed by atoms with Gasteiger partial charge in [0.05, 0.1) is 25.5 Å². The standard InChI is InChI=1S/C20H28N4O2/c1-15-18(16(2)24(3)23-15)9-11-22-14-17-7-8-19(25-4)20(13-17)26-12-6-5-10-21/h7-8,13,22H,5-6,9,11-12,14H2,1-4H3. The fourth-order valence-corrected chi connectivity index (χ4v) is 2.90. The first-order valence-electron chi connectivity index (χ1n) is 8.93. The number of hydrogen-bond donors (Lipinski definition) is 1. The summed E-state index contributed by atoms with van der Waals surface area (Å²) >= 11 is 0. The molecular formula is C20H28N4O2. The highest BCUT2D eigenvalue weighted by molar-refractivity contribution is 5.43. The molecule has 0 unspecified atom stereocenters. The molecule has 0 aliphatic rings. The van der Waals surface area contributed by atoms with Crippen LogP contribution < -0.4 is 14.8 Å². The van der Waals surface area contributed by atoms with Crippen molar-refractivity contribution in [3.63, 3.8) is 0 Å². The molecule has 0 amide bonds. The summed E-state index contributed by atoms with van der Waals surface area (Å²) in [7, 11) is 3.61. The fraction of sp³-hybridized carbons (Fsp3) is 0.500. The molecule has 0 fully saturated rings. The second-order valence-electron chi connectivity index (χ2n) is 6.30. The van der Waals surface area contributed by atoms with E-state index >= 15 is 0 Å². The van der Waals surface area contributed by atoms with E-state index in [1.54, 1.807) is 7.11 Å². The Hall–Kier alpha value is -2.52. The van der Waals surface area contributed by atoms with Crippen molar-refractivity contribution in [2.24, 2.45) is 7.05 Å². The number of aromatic nitrogens is 2. The molecule has 0 bridgehead atoms. The third kappa shape index (κ3) is 5.24. The highest BCUT2D eigenvalue weighted by Crippen LogP contribution is 2.28. The largest absolute Gasteiger partial charge is 0.493 e. The zero-order valence-corrected chi connectivity index (χ0v) is 16.1. The normalized spacial score (nSPS) is 10.6. The number of nitrogens with zero attached hydrogens (tertiary/aromatic N) is 3. The lowest BCUT2D eigenvalue weighted by Gasteiger charge is -2.12. The van der Waals surface area contributed by atoms with Crippen LogP contribution in [0.25, 0.3) is 0 Å². The first kappa shape index (κ1) is 19.8. The summed E-state index contributed by atoms with van der Waals surface area (Å²) in [6.45, 7) is 6.32. The van der Waals surface area contributed by atoms with Crippen molar-refractivity contribution in [1.82, 2.24) is 15.1 Å². The molecule has 6 heteroatoms. The Kier molecular flexibility index (Phi) is 7.49. The molecule has 2 aromatic rings. The summed E-state index contributed by atoms with van der Waals surface area (Å²) in [5.41, 5.74) is 4.78. The van der Waals surface area contributed by atoms with Crippen LogP contribution in [0.2, 0.25) is 0 Å². The van der Waals surface area contributed by atoms with Crippen LogP contribution in [-0.2, 0) is 20.0 Å². The minimum absolute atomic E-state index is 0.497. The monoisotopic (exact) mass is 356 g/mol. The topological polar surface area (TPSA) is 72.1 Å². The maximum absolute atomic E-state index is 8.60. The van der Waals surface area contributed by atoms with E-state index < -0.39 is 0 Å². The smallest absolute Gasteiger partial charge is 0.161 e. The van der Waals surface area contributed by atoms with Gasteiger partial charge in [0, 0.05) is 25.7 Å². The van der Waals surface area contributed by atoms with E-state index in [9.17, 15) is 0 Å². The number of hydrogen-bond acceptors (Lipinski definition) is 5. The maximum Gasteiger partial charge on any atom is 0.161 e. The summed E-state index contributed by atoms with van der Waals surface area (Å²) in [6, 6.07) is 8.08. The van der Waals surface area contributed by atoms with E-state index in [0.29, 0.717) is 25.2 Å². The van der Waals surface area contributed by atoms with E-state index in [2.05, 4.69) is 30.3 Å². The van der Waals surface area contributed by atoms with Gasteiger partial charge in [-0.15, -0.1) is 0 Å². The highest BCUT2D eigenvalue weighted by atomic mass is 16.5. The molecule has 140 valence electrons. The van der Waals surface area contributed by atoms with Gasteiger partial charge in [0.25, 0.3) is 0 Å². The van der Waals surface area contributed by atoms with Crippen molar-refractivity contribution in [1.29, 1.82) is 5.26 Å². The van der Waals surface area contributed by atoms with Crippen LogP contribution in [-0.4, -0.2) is 30.0 Å². The predicted molar refractivity (Wildman–Crippen MR) is 101 cm³/mol.